The molecule has 1 amide bonds. The molecule has 3 aromatic carbocycles. The summed E-state index contributed by atoms with van der Waals surface area (Å²) in [6.07, 6.45) is 4.88. The van der Waals surface area contributed by atoms with Crippen LogP contribution in [0.15, 0.2) is 60.7 Å². The normalized spacial score (nSPS) is 11.8. The van der Waals surface area contributed by atoms with Crippen LogP contribution in [0.4, 0.5) is 10.5 Å². The van der Waals surface area contributed by atoms with Gasteiger partial charge >= 0.3 is 12.1 Å². The highest BCUT2D eigenvalue weighted by molar-refractivity contribution is 5.95. The molecule has 31 heavy (non-hydrogen) atoms. The SMILES string of the molecule is C#Cc1cc(NC(=O)OCC2c3ccccc3-c3ccccc32)c(C)c(C(=O)OC)c1. The van der Waals surface area contributed by atoms with E-state index in [1.165, 1.54) is 7.11 Å². The number of fused-ring (bicyclic) bond motifs is 3. The number of esters is 1. The maximum Gasteiger partial charge on any atom is 0.411 e. The molecule has 0 atom stereocenters. The van der Waals surface area contributed by atoms with Gasteiger partial charge in [0.15, 0.2) is 0 Å². The quantitative estimate of drug-likeness (QED) is 0.478. The molecular formula is C26H21NO4. The first-order valence-electron chi connectivity index (χ1n) is 9.85. The summed E-state index contributed by atoms with van der Waals surface area (Å²) in [5.41, 5.74) is 6.31. The van der Waals surface area contributed by atoms with Crippen LogP contribution in [0.2, 0.25) is 0 Å². The number of rotatable bonds is 4. The Morgan fingerprint density at radius 1 is 1.03 bits per heavy atom. The Kier molecular flexibility index (Phi) is 5.46. The van der Waals surface area contributed by atoms with E-state index in [1.807, 2.05) is 24.3 Å². The predicted octanol–water partition coefficient (Wildman–Crippen LogP) is 5.12. The highest BCUT2D eigenvalue weighted by Crippen LogP contribution is 2.44. The van der Waals surface area contributed by atoms with Gasteiger partial charge in [-0.3, -0.25) is 5.32 Å². The summed E-state index contributed by atoms with van der Waals surface area (Å²) in [6, 6.07) is 19.5. The molecular weight excluding hydrogens is 390 g/mol. The largest absolute Gasteiger partial charge is 0.465 e. The Morgan fingerprint density at radius 2 is 1.65 bits per heavy atom. The first-order valence-corrected chi connectivity index (χ1v) is 9.85. The molecule has 5 heteroatoms. The van der Waals surface area contributed by atoms with E-state index >= 15 is 0 Å². The highest BCUT2D eigenvalue weighted by Gasteiger charge is 2.29. The van der Waals surface area contributed by atoms with Crippen LogP contribution in [-0.2, 0) is 9.47 Å². The van der Waals surface area contributed by atoms with Crippen LogP contribution in [0.5, 0.6) is 0 Å². The minimum Gasteiger partial charge on any atom is -0.465 e. The zero-order valence-electron chi connectivity index (χ0n) is 17.3. The van der Waals surface area contributed by atoms with Gasteiger partial charge in [-0.1, -0.05) is 54.5 Å². The molecule has 0 saturated carbocycles. The van der Waals surface area contributed by atoms with Crippen LogP contribution in [-0.4, -0.2) is 25.8 Å². The minimum atomic E-state index is -0.616. The molecule has 0 unspecified atom stereocenters. The van der Waals surface area contributed by atoms with E-state index in [0.29, 0.717) is 22.4 Å². The van der Waals surface area contributed by atoms with Crippen molar-refractivity contribution < 1.29 is 19.1 Å². The molecule has 0 aliphatic heterocycles. The fourth-order valence-corrected chi connectivity index (χ4v) is 3.99. The monoisotopic (exact) mass is 411 g/mol. The molecule has 0 spiro atoms. The fourth-order valence-electron chi connectivity index (χ4n) is 3.99. The van der Waals surface area contributed by atoms with Crippen molar-refractivity contribution in [3.05, 3.63) is 88.5 Å². The average molecular weight is 411 g/mol. The number of nitrogens with one attached hydrogen (secondary N) is 1. The second-order valence-electron chi connectivity index (χ2n) is 7.28. The molecule has 0 aromatic heterocycles. The Balaban J connectivity index is 1.54. The van der Waals surface area contributed by atoms with Gasteiger partial charge < -0.3 is 9.47 Å². The van der Waals surface area contributed by atoms with Crippen LogP contribution in [0.3, 0.4) is 0 Å². The summed E-state index contributed by atoms with van der Waals surface area (Å²) in [4.78, 5) is 24.6. The molecule has 0 bridgehead atoms. The molecule has 1 aliphatic rings. The number of methoxy groups -OCH3 is 1. The molecule has 0 radical (unpaired) electrons. The summed E-state index contributed by atoms with van der Waals surface area (Å²) in [5.74, 6) is 1.92. The topological polar surface area (TPSA) is 64.6 Å². The number of hydrogen-bond donors (Lipinski definition) is 1. The zero-order valence-corrected chi connectivity index (χ0v) is 17.3. The Labute approximate surface area is 181 Å². The van der Waals surface area contributed by atoms with E-state index < -0.39 is 12.1 Å². The number of terminal acetylenes is 1. The number of carbonyl (C=O) groups excluding carboxylic acids is 2. The van der Waals surface area contributed by atoms with E-state index in [2.05, 4.69) is 35.5 Å². The summed E-state index contributed by atoms with van der Waals surface area (Å²) in [7, 11) is 1.29. The third-order valence-electron chi connectivity index (χ3n) is 5.56. The van der Waals surface area contributed by atoms with Gasteiger partial charge in [-0.05, 0) is 46.9 Å². The standard InChI is InChI=1S/C26H21NO4/c1-4-17-13-22(25(28)30-3)16(2)24(14-17)27-26(29)31-15-23-20-11-7-5-9-18(20)19-10-6-8-12-21(19)23/h1,5-14,23H,15H2,2-3H3,(H,27,29). The molecule has 4 rings (SSSR count). The van der Waals surface area contributed by atoms with Gasteiger partial charge in [0.2, 0.25) is 0 Å². The van der Waals surface area contributed by atoms with Crippen molar-refractivity contribution in [3.63, 3.8) is 0 Å². The van der Waals surface area contributed by atoms with E-state index in [1.54, 1.807) is 19.1 Å². The number of anilines is 1. The fraction of sp³-hybridized carbons (Fsp3) is 0.154. The van der Waals surface area contributed by atoms with E-state index in [9.17, 15) is 9.59 Å². The van der Waals surface area contributed by atoms with Gasteiger partial charge in [-0.25, -0.2) is 9.59 Å². The number of benzene rings is 3. The summed E-state index contributed by atoms with van der Waals surface area (Å²) < 4.78 is 10.4. The van der Waals surface area contributed by atoms with Gasteiger partial charge in [0, 0.05) is 17.2 Å². The third kappa shape index (κ3) is 3.76. The van der Waals surface area contributed by atoms with E-state index in [-0.39, 0.29) is 12.5 Å². The Hall–Kier alpha value is -4.04. The molecule has 1 aliphatic carbocycles. The highest BCUT2D eigenvalue weighted by atomic mass is 16.5. The van der Waals surface area contributed by atoms with Gasteiger partial charge in [0.05, 0.1) is 12.7 Å². The van der Waals surface area contributed by atoms with Crippen molar-refractivity contribution in [3.8, 4) is 23.5 Å². The number of amides is 1. The van der Waals surface area contributed by atoms with Crippen molar-refractivity contribution in [2.75, 3.05) is 19.0 Å². The number of hydrogen-bond acceptors (Lipinski definition) is 4. The molecule has 0 saturated heterocycles. The number of carbonyl (C=O) groups is 2. The van der Waals surface area contributed by atoms with Gasteiger partial charge in [0.25, 0.3) is 0 Å². The predicted molar refractivity (Wildman–Crippen MR) is 119 cm³/mol. The lowest BCUT2D eigenvalue weighted by atomic mass is 9.98. The van der Waals surface area contributed by atoms with Crippen LogP contribution < -0.4 is 5.32 Å². The maximum atomic E-state index is 12.6. The average Bonchev–Trinajstić information content (AvgIpc) is 3.12. The second kappa shape index (κ2) is 8.37. The number of ether oxygens (including phenoxy) is 2. The third-order valence-corrected chi connectivity index (χ3v) is 5.56. The maximum absolute atomic E-state index is 12.6. The van der Waals surface area contributed by atoms with Gasteiger partial charge in [-0.2, -0.15) is 0 Å². The second-order valence-corrected chi connectivity index (χ2v) is 7.28. The van der Waals surface area contributed by atoms with Crippen molar-refractivity contribution in [1.29, 1.82) is 0 Å². The Bertz CT molecular complexity index is 1180. The van der Waals surface area contributed by atoms with Crippen molar-refractivity contribution in [1.82, 2.24) is 0 Å². The zero-order chi connectivity index (χ0) is 22.0. The van der Waals surface area contributed by atoms with Crippen LogP contribution in [0, 0.1) is 19.3 Å². The summed E-state index contributed by atoms with van der Waals surface area (Å²) >= 11 is 0. The molecule has 0 heterocycles. The smallest absolute Gasteiger partial charge is 0.411 e. The lowest BCUT2D eigenvalue weighted by Crippen LogP contribution is -2.19. The summed E-state index contributed by atoms with van der Waals surface area (Å²) in [5, 5.41) is 2.71. The van der Waals surface area contributed by atoms with Crippen LogP contribution >= 0.6 is 0 Å². The minimum absolute atomic E-state index is 0.0399. The Morgan fingerprint density at radius 3 is 2.23 bits per heavy atom. The molecule has 154 valence electrons. The van der Waals surface area contributed by atoms with Crippen molar-refractivity contribution >= 4 is 17.7 Å². The lowest BCUT2D eigenvalue weighted by molar-refractivity contribution is 0.0600. The van der Waals surface area contributed by atoms with Crippen molar-refractivity contribution in [2.24, 2.45) is 0 Å². The molecule has 1 N–H and O–H groups in total. The van der Waals surface area contributed by atoms with Crippen molar-refractivity contribution in [2.45, 2.75) is 12.8 Å². The first-order chi connectivity index (χ1) is 15.0. The summed E-state index contributed by atoms with van der Waals surface area (Å²) in [6.45, 7) is 1.91. The molecule has 5 nitrogen and oxygen atoms in total. The molecule has 3 aromatic rings. The van der Waals surface area contributed by atoms with Gasteiger partial charge in [-0.15, -0.1) is 6.42 Å². The van der Waals surface area contributed by atoms with E-state index in [0.717, 1.165) is 22.3 Å². The first kappa shape index (κ1) is 20.2. The van der Waals surface area contributed by atoms with Crippen LogP contribution in [0.25, 0.3) is 11.1 Å². The van der Waals surface area contributed by atoms with Crippen LogP contribution in [0.1, 0.15) is 38.5 Å². The van der Waals surface area contributed by atoms with E-state index in [4.69, 9.17) is 15.9 Å². The molecule has 0 fully saturated rings. The lowest BCUT2D eigenvalue weighted by Gasteiger charge is -2.16. The van der Waals surface area contributed by atoms with Gasteiger partial charge in [0.1, 0.15) is 6.61 Å².